The minimum Gasteiger partial charge on any atom is -0.0533 e. The maximum absolute atomic E-state index is 6.25. The molecule has 16 heavy (non-hydrogen) atoms. The molecule has 1 aliphatic rings. The van der Waals surface area contributed by atoms with E-state index < -0.39 is 18.6 Å². The maximum atomic E-state index is 6.25. The van der Waals surface area contributed by atoms with Crippen LogP contribution in [0, 0.1) is 6.42 Å². The second kappa shape index (κ2) is 14.2. The van der Waals surface area contributed by atoms with Crippen molar-refractivity contribution >= 4 is 27.6 Å². The number of hydrogen-bond donors (Lipinski definition) is 0. The first kappa shape index (κ1) is 17.1. The van der Waals surface area contributed by atoms with Crippen LogP contribution in [0.5, 0.6) is 0 Å². The molecule has 0 bridgehead atoms. The molecule has 1 saturated carbocycles. The van der Waals surface area contributed by atoms with Gasteiger partial charge in [-0.1, -0.05) is 32.1 Å². The summed E-state index contributed by atoms with van der Waals surface area (Å²) >= 11 is -1.38. The number of unbranched alkanes of at least 4 members (excludes halogenated alkanes) is 2. The zero-order valence-corrected chi connectivity index (χ0v) is 15.4. The van der Waals surface area contributed by atoms with E-state index in [2.05, 4.69) is 20.3 Å². The van der Waals surface area contributed by atoms with Crippen molar-refractivity contribution in [3.05, 3.63) is 6.42 Å². The normalized spacial score (nSPS) is 15.8. The van der Waals surface area contributed by atoms with Gasteiger partial charge in [0, 0.05) is 0 Å². The molecular weight excluding hydrogens is 322 g/mol. The van der Waals surface area contributed by atoms with Crippen LogP contribution in [0.15, 0.2) is 0 Å². The van der Waals surface area contributed by atoms with E-state index in [1.54, 1.807) is 0 Å². The average Bonchev–Trinajstić information content (AvgIpc) is 2.36. The Kier molecular flexibility index (Phi) is 15.1. The van der Waals surface area contributed by atoms with Crippen molar-refractivity contribution in [2.24, 2.45) is 0 Å². The van der Waals surface area contributed by atoms with Crippen LogP contribution in [0.2, 0.25) is 8.87 Å². The minimum absolute atomic E-state index is 1.33. The van der Waals surface area contributed by atoms with E-state index in [9.17, 15) is 0 Å². The molecule has 1 rings (SSSR count). The van der Waals surface area contributed by atoms with E-state index in [0.717, 1.165) is 0 Å². The summed E-state index contributed by atoms with van der Waals surface area (Å²) in [6.07, 6.45) is 14.9. The van der Waals surface area contributed by atoms with Crippen molar-refractivity contribution in [3.8, 4) is 0 Å². The molecule has 1 aliphatic carbocycles. The Morgan fingerprint density at radius 3 is 1.69 bits per heavy atom. The molecule has 1 radical (unpaired) electrons. The second-order valence-corrected chi connectivity index (χ2v) is 15.7. The van der Waals surface area contributed by atoms with Gasteiger partial charge in [-0.15, -0.1) is 0 Å². The zero-order valence-electron chi connectivity index (χ0n) is 11.3. The third-order valence-electron chi connectivity index (χ3n) is 3.06. The fourth-order valence-corrected chi connectivity index (χ4v) is 9.65. The molecule has 0 unspecified atom stereocenters. The monoisotopic (exact) mass is 353 g/mol. The summed E-state index contributed by atoms with van der Waals surface area (Å²) in [5.41, 5.74) is 0. The summed E-state index contributed by atoms with van der Waals surface area (Å²) < 4.78 is 2.83. The topological polar surface area (TPSA) is 0 Å². The maximum Gasteiger partial charge on any atom is -0.0386 e. The van der Waals surface area contributed by atoms with Crippen LogP contribution in [0.4, 0.5) is 0 Å². The Labute approximate surface area is 114 Å². The Balaban J connectivity index is 0.000000315. The molecular formula is C14H30ClSn. The first-order chi connectivity index (χ1) is 7.81. The van der Waals surface area contributed by atoms with Crippen molar-refractivity contribution in [1.29, 1.82) is 0 Å². The molecule has 0 aliphatic heterocycles. The molecule has 0 nitrogen and oxygen atoms in total. The molecule has 0 aromatic rings. The molecule has 0 heterocycles. The van der Waals surface area contributed by atoms with Gasteiger partial charge in [-0.25, -0.2) is 0 Å². The molecule has 2 heteroatoms. The van der Waals surface area contributed by atoms with Gasteiger partial charge in [-0.3, -0.25) is 0 Å². The van der Waals surface area contributed by atoms with Gasteiger partial charge in [0.1, 0.15) is 0 Å². The first-order valence-corrected chi connectivity index (χ1v) is 16.1. The molecule has 97 valence electrons. The van der Waals surface area contributed by atoms with E-state index in [4.69, 9.17) is 8.92 Å². The predicted octanol–water partition coefficient (Wildman–Crippen LogP) is 5.70. The average molecular weight is 353 g/mol. The molecule has 0 amide bonds. The van der Waals surface area contributed by atoms with Gasteiger partial charge >= 0.3 is 76.0 Å². The Hall–Kier alpha value is 1.09. The van der Waals surface area contributed by atoms with Gasteiger partial charge in [0.25, 0.3) is 0 Å². The van der Waals surface area contributed by atoms with E-state index in [-0.39, 0.29) is 0 Å². The minimum atomic E-state index is -1.38. The number of hydrogen-bond acceptors (Lipinski definition) is 0. The molecule has 0 aromatic carbocycles. The quantitative estimate of drug-likeness (QED) is 0.538. The van der Waals surface area contributed by atoms with E-state index in [1.165, 1.54) is 66.7 Å². The summed E-state index contributed by atoms with van der Waals surface area (Å²) in [6, 6.07) is 0. The van der Waals surface area contributed by atoms with Crippen LogP contribution in [0.25, 0.3) is 0 Å². The van der Waals surface area contributed by atoms with Crippen LogP contribution < -0.4 is 0 Å². The van der Waals surface area contributed by atoms with E-state index >= 15 is 0 Å². The van der Waals surface area contributed by atoms with Crippen molar-refractivity contribution in [1.82, 2.24) is 0 Å². The first-order valence-electron chi connectivity index (χ1n) is 7.27. The van der Waals surface area contributed by atoms with Crippen molar-refractivity contribution in [2.75, 3.05) is 0 Å². The van der Waals surface area contributed by atoms with Crippen LogP contribution in [-0.2, 0) is 0 Å². The van der Waals surface area contributed by atoms with Gasteiger partial charge in [0.15, 0.2) is 0 Å². The van der Waals surface area contributed by atoms with Crippen molar-refractivity contribution in [2.45, 2.75) is 80.5 Å². The third-order valence-corrected chi connectivity index (χ3v) is 11.9. The summed E-state index contributed by atoms with van der Waals surface area (Å²) in [5, 5.41) is 0. The van der Waals surface area contributed by atoms with Gasteiger partial charge in [-0.2, -0.15) is 0 Å². The fraction of sp³-hybridized carbons (Fsp3) is 0.929. The number of rotatable bonds is 6. The fourth-order valence-electron chi connectivity index (χ4n) is 1.89. The predicted molar refractivity (Wildman–Crippen MR) is 79.8 cm³/mol. The summed E-state index contributed by atoms with van der Waals surface area (Å²) in [5.74, 6) is 0. The third kappa shape index (κ3) is 13.2. The molecule has 0 aromatic heterocycles. The molecule has 0 atom stereocenters. The molecule has 1 fully saturated rings. The van der Waals surface area contributed by atoms with Crippen LogP contribution in [0.1, 0.15) is 71.6 Å². The van der Waals surface area contributed by atoms with Crippen molar-refractivity contribution < 1.29 is 0 Å². The van der Waals surface area contributed by atoms with Gasteiger partial charge < -0.3 is 0 Å². The van der Waals surface area contributed by atoms with Crippen molar-refractivity contribution in [3.63, 3.8) is 0 Å². The second-order valence-electron chi connectivity index (χ2n) is 4.81. The molecule has 0 saturated heterocycles. The van der Waals surface area contributed by atoms with Crippen LogP contribution in [0.3, 0.4) is 0 Å². The Morgan fingerprint density at radius 2 is 1.44 bits per heavy atom. The number of halogens is 1. The van der Waals surface area contributed by atoms with E-state index in [1.807, 2.05) is 0 Å². The van der Waals surface area contributed by atoms with E-state index in [0.29, 0.717) is 0 Å². The summed E-state index contributed by atoms with van der Waals surface area (Å²) in [6.45, 7) is 4.49. The Bertz CT molecular complexity index is 104. The largest absolute Gasteiger partial charge is 0.0533 e. The van der Waals surface area contributed by atoms with Gasteiger partial charge in [-0.05, 0) is 6.42 Å². The smallest absolute Gasteiger partial charge is 0.0386 e. The SMILES string of the molecule is CCC[CH2][SnH]([Cl])[CH2]CCC.[CH]1CCCCC1. The standard InChI is InChI=1S/C6H11.2C4H9.ClH.Sn.H/c1-2-4-6-5-3-1;2*1-3-4-2;;;/h1H,2-6H2;2*1,3-4H2,2H3;1H;;/q;;;;+1;/p-1. The molecule has 0 N–H and O–H groups in total. The van der Waals surface area contributed by atoms with Crippen LogP contribution >= 0.6 is 8.92 Å². The zero-order chi connectivity index (χ0) is 12.1. The van der Waals surface area contributed by atoms with Crippen LogP contribution in [-0.4, -0.2) is 18.6 Å². The van der Waals surface area contributed by atoms with Gasteiger partial charge in [0.05, 0.1) is 0 Å². The van der Waals surface area contributed by atoms with Gasteiger partial charge in [0.2, 0.25) is 0 Å². The Morgan fingerprint density at radius 1 is 0.938 bits per heavy atom. The summed E-state index contributed by atoms with van der Waals surface area (Å²) in [4.78, 5) is 0. The molecule has 0 spiro atoms. The summed E-state index contributed by atoms with van der Waals surface area (Å²) in [7, 11) is 6.25.